The van der Waals surface area contributed by atoms with Crippen LogP contribution in [0.1, 0.15) is 30.5 Å². The fourth-order valence-electron chi connectivity index (χ4n) is 2.87. The number of hydrogen-bond donors (Lipinski definition) is 1. The summed E-state index contributed by atoms with van der Waals surface area (Å²) in [5.74, 6) is 1.50. The number of carbonyl (C=O) groups excluding carboxylic acids is 1. The van der Waals surface area contributed by atoms with Crippen molar-refractivity contribution in [1.82, 2.24) is 10.2 Å². The highest BCUT2D eigenvalue weighted by Gasteiger charge is 2.30. The number of nitrogens with one attached hydrogen (secondary N) is 1. The van der Waals surface area contributed by atoms with Crippen LogP contribution in [0.4, 0.5) is 0 Å². The van der Waals surface area contributed by atoms with Crippen molar-refractivity contribution in [1.29, 1.82) is 0 Å². The maximum absolute atomic E-state index is 12.7. The van der Waals surface area contributed by atoms with Gasteiger partial charge in [-0.15, -0.1) is 0 Å². The predicted octanol–water partition coefficient (Wildman–Crippen LogP) is 1.76. The summed E-state index contributed by atoms with van der Waals surface area (Å²) in [6, 6.07) is 3.58. The first kappa shape index (κ1) is 15.6. The number of methoxy groups -OCH3 is 2. The van der Waals surface area contributed by atoms with Crippen LogP contribution < -0.4 is 14.8 Å². The standard InChI is InChI=1S/C16H24N2O3/c1-5-7-18-8-6-11-9-13(20-3)14(21-4)10-12(11)15(17-2)16(18)19/h9-10,15,17H,5-8H2,1-4H3. The number of nitrogens with zero attached hydrogens (tertiary/aromatic N) is 1. The summed E-state index contributed by atoms with van der Waals surface area (Å²) in [7, 11) is 5.06. The van der Waals surface area contributed by atoms with E-state index in [1.54, 1.807) is 14.2 Å². The molecule has 0 aromatic heterocycles. The lowest BCUT2D eigenvalue weighted by Crippen LogP contribution is -2.39. The number of amides is 1. The van der Waals surface area contributed by atoms with Gasteiger partial charge >= 0.3 is 0 Å². The van der Waals surface area contributed by atoms with E-state index in [-0.39, 0.29) is 11.9 Å². The molecule has 1 aliphatic rings. The molecule has 1 aromatic rings. The highest BCUT2D eigenvalue weighted by molar-refractivity contribution is 5.84. The molecule has 0 bridgehead atoms. The summed E-state index contributed by atoms with van der Waals surface area (Å²) in [4.78, 5) is 14.6. The quantitative estimate of drug-likeness (QED) is 0.898. The molecule has 5 heteroatoms. The lowest BCUT2D eigenvalue weighted by molar-refractivity contribution is -0.133. The fourth-order valence-corrected chi connectivity index (χ4v) is 2.87. The third-order valence-corrected chi connectivity index (χ3v) is 3.95. The molecule has 2 rings (SSSR count). The lowest BCUT2D eigenvalue weighted by atomic mass is 9.98. The van der Waals surface area contributed by atoms with Crippen molar-refractivity contribution < 1.29 is 14.3 Å². The summed E-state index contributed by atoms with van der Waals surface area (Å²) in [5.41, 5.74) is 2.12. The molecule has 0 saturated carbocycles. The maximum atomic E-state index is 12.7. The molecule has 0 fully saturated rings. The van der Waals surface area contributed by atoms with Gasteiger partial charge in [-0.2, -0.15) is 0 Å². The molecule has 0 saturated heterocycles. The molecule has 116 valence electrons. The van der Waals surface area contributed by atoms with E-state index in [1.807, 2.05) is 24.1 Å². The third-order valence-electron chi connectivity index (χ3n) is 3.95. The number of fused-ring (bicyclic) bond motifs is 1. The molecule has 1 unspecified atom stereocenters. The van der Waals surface area contributed by atoms with Gasteiger partial charge in [-0.05, 0) is 43.1 Å². The number of carbonyl (C=O) groups is 1. The Morgan fingerprint density at radius 3 is 2.52 bits per heavy atom. The van der Waals surface area contributed by atoms with Crippen molar-refractivity contribution in [2.75, 3.05) is 34.4 Å². The topological polar surface area (TPSA) is 50.8 Å². The molecular formula is C16H24N2O3. The molecule has 21 heavy (non-hydrogen) atoms. The molecule has 5 nitrogen and oxygen atoms in total. The van der Waals surface area contributed by atoms with E-state index in [0.29, 0.717) is 11.5 Å². The van der Waals surface area contributed by atoms with Crippen LogP contribution in [0.25, 0.3) is 0 Å². The molecule has 1 aliphatic heterocycles. The van der Waals surface area contributed by atoms with Crippen LogP contribution in [-0.2, 0) is 11.2 Å². The van der Waals surface area contributed by atoms with Gasteiger partial charge in [0.1, 0.15) is 6.04 Å². The summed E-state index contributed by atoms with van der Waals surface area (Å²) >= 11 is 0. The van der Waals surface area contributed by atoms with Crippen molar-refractivity contribution in [2.45, 2.75) is 25.8 Å². The largest absolute Gasteiger partial charge is 0.493 e. The van der Waals surface area contributed by atoms with E-state index in [9.17, 15) is 4.79 Å². The monoisotopic (exact) mass is 292 g/mol. The van der Waals surface area contributed by atoms with E-state index in [2.05, 4.69) is 12.2 Å². The number of ether oxygens (including phenoxy) is 2. The molecule has 0 aliphatic carbocycles. The van der Waals surface area contributed by atoms with Gasteiger partial charge in [-0.25, -0.2) is 0 Å². The Balaban J connectivity index is 2.46. The van der Waals surface area contributed by atoms with Gasteiger partial charge < -0.3 is 19.7 Å². The highest BCUT2D eigenvalue weighted by Crippen LogP contribution is 2.35. The smallest absolute Gasteiger partial charge is 0.244 e. The van der Waals surface area contributed by atoms with Gasteiger partial charge in [0.15, 0.2) is 11.5 Å². The average Bonchev–Trinajstić information content (AvgIpc) is 2.63. The van der Waals surface area contributed by atoms with E-state index in [4.69, 9.17) is 9.47 Å². The predicted molar refractivity (Wildman–Crippen MR) is 81.9 cm³/mol. The lowest BCUT2D eigenvalue weighted by Gasteiger charge is -2.24. The van der Waals surface area contributed by atoms with Gasteiger partial charge in [0.25, 0.3) is 0 Å². The molecule has 1 aromatic carbocycles. The Labute approximate surface area is 126 Å². The van der Waals surface area contributed by atoms with Gasteiger partial charge in [0.2, 0.25) is 5.91 Å². The maximum Gasteiger partial charge on any atom is 0.244 e. The van der Waals surface area contributed by atoms with Crippen LogP contribution >= 0.6 is 0 Å². The minimum absolute atomic E-state index is 0.130. The Morgan fingerprint density at radius 2 is 1.95 bits per heavy atom. The second kappa shape index (κ2) is 6.80. The van der Waals surface area contributed by atoms with Gasteiger partial charge in [-0.3, -0.25) is 4.79 Å². The zero-order valence-corrected chi connectivity index (χ0v) is 13.2. The number of hydrogen-bond acceptors (Lipinski definition) is 4. The Bertz CT molecular complexity index is 516. The van der Waals surface area contributed by atoms with E-state index in [1.165, 1.54) is 0 Å². The Hall–Kier alpha value is -1.75. The highest BCUT2D eigenvalue weighted by atomic mass is 16.5. The zero-order chi connectivity index (χ0) is 15.4. The van der Waals surface area contributed by atoms with Crippen LogP contribution in [0.15, 0.2) is 12.1 Å². The second-order valence-electron chi connectivity index (χ2n) is 5.20. The van der Waals surface area contributed by atoms with E-state index < -0.39 is 0 Å². The van der Waals surface area contributed by atoms with Gasteiger partial charge in [0, 0.05) is 13.1 Å². The van der Waals surface area contributed by atoms with Gasteiger partial charge in [-0.1, -0.05) is 6.92 Å². The van der Waals surface area contributed by atoms with Crippen molar-refractivity contribution in [3.05, 3.63) is 23.3 Å². The number of rotatable bonds is 5. The van der Waals surface area contributed by atoms with Crippen LogP contribution in [0, 0.1) is 0 Å². The Morgan fingerprint density at radius 1 is 1.29 bits per heavy atom. The molecule has 1 heterocycles. The van der Waals surface area contributed by atoms with Crippen LogP contribution in [0.2, 0.25) is 0 Å². The van der Waals surface area contributed by atoms with E-state index >= 15 is 0 Å². The van der Waals surface area contributed by atoms with Crippen molar-refractivity contribution in [2.24, 2.45) is 0 Å². The average molecular weight is 292 g/mol. The molecule has 1 amide bonds. The Kier molecular flexibility index (Phi) is 5.07. The third kappa shape index (κ3) is 2.97. The molecule has 0 spiro atoms. The zero-order valence-electron chi connectivity index (χ0n) is 13.2. The van der Waals surface area contributed by atoms with Crippen molar-refractivity contribution in [3.63, 3.8) is 0 Å². The van der Waals surface area contributed by atoms with Crippen LogP contribution in [0.3, 0.4) is 0 Å². The molecule has 1 atom stereocenters. The van der Waals surface area contributed by atoms with Crippen molar-refractivity contribution in [3.8, 4) is 11.5 Å². The first-order chi connectivity index (χ1) is 10.2. The molecule has 1 N–H and O–H groups in total. The minimum atomic E-state index is -0.325. The second-order valence-corrected chi connectivity index (χ2v) is 5.20. The number of likely N-dealkylation sites (N-methyl/N-ethyl adjacent to an activating group) is 1. The van der Waals surface area contributed by atoms with Crippen LogP contribution in [-0.4, -0.2) is 45.2 Å². The fraction of sp³-hybridized carbons (Fsp3) is 0.562. The van der Waals surface area contributed by atoms with Crippen molar-refractivity contribution >= 4 is 5.91 Å². The first-order valence-electron chi connectivity index (χ1n) is 7.37. The van der Waals surface area contributed by atoms with E-state index in [0.717, 1.165) is 37.1 Å². The summed E-state index contributed by atoms with van der Waals surface area (Å²) in [6.45, 7) is 3.62. The summed E-state index contributed by atoms with van der Waals surface area (Å²) in [6.07, 6.45) is 1.80. The number of benzene rings is 1. The molecular weight excluding hydrogens is 268 g/mol. The minimum Gasteiger partial charge on any atom is -0.493 e. The normalized spacial score (nSPS) is 18.2. The van der Waals surface area contributed by atoms with Crippen LogP contribution in [0.5, 0.6) is 11.5 Å². The summed E-state index contributed by atoms with van der Waals surface area (Å²) < 4.78 is 10.7. The molecule has 0 radical (unpaired) electrons. The van der Waals surface area contributed by atoms with Gasteiger partial charge in [0.05, 0.1) is 14.2 Å². The summed E-state index contributed by atoms with van der Waals surface area (Å²) in [5, 5.41) is 3.14. The SMILES string of the molecule is CCCN1CCc2cc(OC)c(OC)cc2C(NC)C1=O. The first-order valence-corrected chi connectivity index (χ1v) is 7.37.